The van der Waals surface area contributed by atoms with E-state index in [2.05, 4.69) is 32.9 Å². The molecule has 0 saturated carbocycles. The average molecular weight is 284 g/mol. The Hall–Kier alpha value is -1.64. The van der Waals surface area contributed by atoms with Crippen LogP contribution in [0.1, 0.15) is 27.8 Å². The number of hydrogen-bond acceptors (Lipinski definition) is 2. The molecule has 0 aliphatic rings. The van der Waals surface area contributed by atoms with Gasteiger partial charge in [0.1, 0.15) is 5.60 Å². The third kappa shape index (κ3) is 3.52. The minimum absolute atomic E-state index is 0.282. The lowest BCUT2D eigenvalue weighted by Crippen LogP contribution is -2.34. The Morgan fingerprint density at radius 3 is 2.10 bits per heavy atom. The van der Waals surface area contributed by atoms with Gasteiger partial charge in [-0.15, -0.1) is 0 Å². The van der Waals surface area contributed by atoms with Gasteiger partial charge in [-0.2, -0.15) is 0 Å². The lowest BCUT2D eigenvalue weighted by Gasteiger charge is -2.29. The molecule has 2 heteroatoms. The van der Waals surface area contributed by atoms with Gasteiger partial charge in [-0.25, -0.2) is 0 Å². The number of benzene rings is 2. The SMILES string of the molecule is COCC(O)(Cc1c(C)cc(C)cc1C)c1ccccc1. The smallest absolute Gasteiger partial charge is 0.117 e. The number of aryl methyl sites for hydroxylation is 3. The van der Waals surface area contributed by atoms with Gasteiger partial charge < -0.3 is 9.84 Å². The van der Waals surface area contributed by atoms with Gasteiger partial charge in [-0.05, 0) is 43.0 Å². The predicted molar refractivity (Wildman–Crippen MR) is 86.6 cm³/mol. The van der Waals surface area contributed by atoms with Gasteiger partial charge in [0.15, 0.2) is 0 Å². The van der Waals surface area contributed by atoms with Crippen LogP contribution in [0, 0.1) is 20.8 Å². The van der Waals surface area contributed by atoms with Crippen LogP contribution >= 0.6 is 0 Å². The van der Waals surface area contributed by atoms with Gasteiger partial charge in [-0.3, -0.25) is 0 Å². The summed E-state index contributed by atoms with van der Waals surface area (Å²) in [6, 6.07) is 14.1. The Labute approximate surface area is 127 Å². The molecular formula is C19H24O2. The highest BCUT2D eigenvalue weighted by molar-refractivity contribution is 5.39. The van der Waals surface area contributed by atoms with E-state index >= 15 is 0 Å². The Morgan fingerprint density at radius 2 is 1.57 bits per heavy atom. The molecule has 0 aliphatic carbocycles. The summed E-state index contributed by atoms with van der Waals surface area (Å²) < 4.78 is 5.29. The van der Waals surface area contributed by atoms with Crippen LogP contribution in [0.2, 0.25) is 0 Å². The lowest BCUT2D eigenvalue weighted by atomic mass is 9.84. The molecule has 1 unspecified atom stereocenters. The van der Waals surface area contributed by atoms with Crippen LogP contribution in [0.25, 0.3) is 0 Å². The first-order chi connectivity index (χ1) is 9.96. The molecule has 0 aromatic heterocycles. The fourth-order valence-electron chi connectivity index (χ4n) is 3.00. The maximum atomic E-state index is 11.1. The molecule has 2 nitrogen and oxygen atoms in total. The van der Waals surface area contributed by atoms with E-state index < -0.39 is 5.60 Å². The van der Waals surface area contributed by atoms with Crippen molar-refractivity contribution in [3.05, 3.63) is 70.3 Å². The Bertz CT molecular complexity index is 581. The Kier molecular flexibility index (Phi) is 4.81. The standard InChI is InChI=1S/C19H24O2/c1-14-10-15(2)18(16(3)11-14)12-19(20,13-21-4)17-8-6-5-7-9-17/h5-11,20H,12-13H2,1-4H3. The molecule has 0 spiro atoms. The summed E-state index contributed by atoms with van der Waals surface area (Å²) in [5.74, 6) is 0. The van der Waals surface area contributed by atoms with Crippen LogP contribution in [-0.4, -0.2) is 18.8 Å². The van der Waals surface area contributed by atoms with E-state index in [4.69, 9.17) is 4.74 Å². The van der Waals surface area contributed by atoms with Gasteiger partial charge >= 0.3 is 0 Å². The summed E-state index contributed by atoms with van der Waals surface area (Å²) in [4.78, 5) is 0. The molecule has 0 saturated heterocycles. The summed E-state index contributed by atoms with van der Waals surface area (Å²) in [7, 11) is 1.63. The molecule has 0 heterocycles. The van der Waals surface area contributed by atoms with Crippen LogP contribution in [0.5, 0.6) is 0 Å². The fraction of sp³-hybridized carbons (Fsp3) is 0.368. The van der Waals surface area contributed by atoms with Crippen LogP contribution < -0.4 is 0 Å². The molecule has 2 aromatic rings. The number of rotatable bonds is 5. The zero-order valence-electron chi connectivity index (χ0n) is 13.3. The van der Waals surface area contributed by atoms with Gasteiger partial charge in [0.2, 0.25) is 0 Å². The van der Waals surface area contributed by atoms with E-state index in [1.807, 2.05) is 30.3 Å². The average Bonchev–Trinajstić information content (AvgIpc) is 2.44. The molecule has 1 N–H and O–H groups in total. The van der Waals surface area contributed by atoms with Crippen molar-refractivity contribution in [2.24, 2.45) is 0 Å². The normalized spacial score (nSPS) is 14.0. The van der Waals surface area contributed by atoms with E-state index in [0.717, 1.165) is 5.56 Å². The second-order valence-electron chi connectivity index (χ2n) is 5.88. The number of methoxy groups -OCH3 is 1. The fourth-order valence-corrected chi connectivity index (χ4v) is 3.00. The molecule has 0 bridgehead atoms. The van der Waals surface area contributed by atoms with Crippen LogP contribution in [0.4, 0.5) is 0 Å². The second-order valence-corrected chi connectivity index (χ2v) is 5.88. The second kappa shape index (κ2) is 6.42. The van der Waals surface area contributed by atoms with E-state index in [1.54, 1.807) is 7.11 Å². The zero-order valence-corrected chi connectivity index (χ0v) is 13.3. The predicted octanol–water partition coefficient (Wildman–Crippen LogP) is 3.69. The topological polar surface area (TPSA) is 29.5 Å². The minimum Gasteiger partial charge on any atom is -0.382 e. The van der Waals surface area contributed by atoms with Gasteiger partial charge in [0.05, 0.1) is 6.61 Å². The molecule has 112 valence electrons. The number of hydrogen-bond donors (Lipinski definition) is 1. The molecule has 0 radical (unpaired) electrons. The molecule has 1 atom stereocenters. The number of ether oxygens (including phenoxy) is 1. The Balaban J connectivity index is 2.42. The van der Waals surface area contributed by atoms with E-state index in [-0.39, 0.29) is 6.61 Å². The highest BCUT2D eigenvalue weighted by atomic mass is 16.5. The van der Waals surface area contributed by atoms with Crippen LogP contribution in [-0.2, 0) is 16.8 Å². The molecule has 0 aliphatic heterocycles. The van der Waals surface area contributed by atoms with Crippen molar-refractivity contribution in [1.82, 2.24) is 0 Å². The largest absolute Gasteiger partial charge is 0.382 e. The summed E-state index contributed by atoms with van der Waals surface area (Å²) in [6.45, 7) is 6.59. The third-order valence-electron chi connectivity index (χ3n) is 4.00. The summed E-state index contributed by atoms with van der Waals surface area (Å²) in [5.41, 5.74) is 4.79. The van der Waals surface area contributed by atoms with Gasteiger partial charge in [0, 0.05) is 13.5 Å². The highest BCUT2D eigenvalue weighted by Crippen LogP contribution is 2.29. The van der Waals surface area contributed by atoms with Gasteiger partial charge in [0.25, 0.3) is 0 Å². The quantitative estimate of drug-likeness (QED) is 0.907. The summed E-state index contributed by atoms with van der Waals surface area (Å²) in [6.07, 6.45) is 0.558. The maximum absolute atomic E-state index is 11.1. The first-order valence-corrected chi connectivity index (χ1v) is 7.30. The number of aliphatic hydroxyl groups is 1. The van der Waals surface area contributed by atoms with Crippen molar-refractivity contribution >= 4 is 0 Å². The lowest BCUT2D eigenvalue weighted by molar-refractivity contribution is -0.0357. The van der Waals surface area contributed by atoms with Crippen molar-refractivity contribution in [3.8, 4) is 0 Å². The summed E-state index contributed by atoms with van der Waals surface area (Å²) >= 11 is 0. The van der Waals surface area contributed by atoms with E-state index in [1.165, 1.54) is 22.3 Å². The molecule has 0 fully saturated rings. The summed E-state index contributed by atoms with van der Waals surface area (Å²) in [5, 5.41) is 11.1. The van der Waals surface area contributed by atoms with E-state index in [9.17, 15) is 5.11 Å². The van der Waals surface area contributed by atoms with Crippen molar-refractivity contribution in [1.29, 1.82) is 0 Å². The van der Waals surface area contributed by atoms with Crippen molar-refractivity contribution in [2.75, 3.05) is 13.7 Å². The Morgan fingerprint density at radius 1 is 1.00 bits per heavy atom. The minimum atomic E-state index is -0.999. The molecule has 2 aromatic carbocycles. The van der Waals surface area contributed by atoms with E-state index in [0.29, 0.717) is 6.42 Å². The molecule has 21 heavy (non-hydrogen) atoms. The highest BCUT2D eigenvalue weighted by Gasteiger charge is 2.30. The van der Waals surface area contributed by atoms with Crippen LogP contribution in [0.3, 0.4) is 0 Å². The zero-order chi connectivity index (χ0) is 15.5. The molecule has 2 rings (SSSR count). The van der Waals surface area contributed by atoms with Crippen molar-refractivity contribution in [2.45, 2.75) is 32.8 Å². The van der Waals surface area contributed by atoms with Crippen molar-refractivity contribution in [3.63, 3.8) is 0 Å². The maximum Gasteiger partial charge on any atom is 0.117 e. The molecular weight excluding hydrogens is 260 g/mol. The van der Waals surface area contributed by atoms with Gasteiger partial charge in [-0.1, -0.05) is 48.0 Å². The van der Waals surface area contributed by atoms with Crippen LogP contribution in [0.15, 0.2) is 42.5 Å². The molecule has 0 amide bonds. The first-order valence-electron chi connectivity index (χ1n) is 7.30. The van der Waals surface area contributed by atoms with Crippen molar-refractivity contribution < 1.29 is 9.84 Å². The first kappa shape index (κ1) is 15.7. The monoisotopic (exact) mass is 284 g/mol. The third-order valence-corrected chi connectivity index (χ3v) is 4.00.